The normalized spacial score (nSPS) is 19.8. The van der Waals surface area contributed by atoms with E-state index in [0.29, 0.717) is 31.3 Å². The van der Waals surface area contributed by atoms with E-state index >= 15 is 0 Å². The summed E-state index contributed by atoms with van der Waals surface area (Å²) in [6, 6.07) is 1.67. The summed E-state index contributed by atoms with van der Waals surface area (Å²) in [7, 11) is 3.55. The minimum Gasteiger partial charge on any atom is -0.486 e. The van der Waals surface area contributed by atoms with Crippen LogP contribution in [0.1, 0.15) is 12.1 Å². The highest BCUT2D eigenvalue weighted by Crippen LogP contribution is 2.29. The second-order valence-corrected chi connectivity index (χ2v) is 7.12. The summed E-state index contributed by atoms with van der Waals surface area (Å²) in [4.78, 5) is 20.6. The number of hydrogen-bond donors (Lipinski definition) is 1. The molecule has 2 heterocycles. The van der Waals surface area contributed by atoms with Crippen molar-refractivity contribution in [2.24, 2.45) is 0 Å². The quantitative estimate of drug-likeness (QED) is 0.528. The lowest BCUT2D eigenvalue weighted by Crippen LogP contribution is -2.42. The number of pyridine rings is 1. The highest BCUT2D eigenvalue weighted by Gasteiger charge is 2.36. The molecule has 6 nitrogen and oxygen atoms in total. The molecule has 7 heteroatoms. The lowest BCUT2D eigenvalue weighted by molar-refractivity contribution is -0.133. The third kappa shape index (κ3) is 5.25. The average Bonchev–Trinajstić information content (AvgIpc) is 2.98. The molecule has 1 aliphatic rings. The maximum Gasteiger partial charge on any atom is 0.239 e. The number of nitrogens with zero attached hydrogens (tertiary/aromatic N) is 3. The van der Waals surface area contributed by atoms with E-state index in [4.69, 9.17) is 9.47 Å². The molecule has 0 bridgehead atoms. The molecule has 0 aliphatic carbocycles. The number of rotatable bonds is 9. The molecule has 1 saturated heterocycles. The maximum atomic E-state index is 12.4. The number of likely N-dealkylation sites (N-methyl/N-ethyl adjacent to an activating group) is 1. The zero-order valence-electron chi connectivity index (χ0n) is 15.4. The van der Waals surface area contributed by atoms with Gasteiger partial charge in [0.05, 0.1) is 17.9 Å². The zero-order chi connectivity index (χ0) is 19.1. The van der Waals surface area contributed by atoms with Crippen molar-refractivity contribution in [1.29, 1.82) is 0 Å². The standard InChI is InChI=1S/C19H27N3O3S/c1-5-7-24-17-9-14(20-11-18(17)25-8-6-2)12-22-13-15(26)10-16(22)19(23)21(3)4/h5-6,9,11,15-16,26H,1-2,7-8,10,12-13H2,3-4H3/t15-,16-/m0/s1. The van der Waals surface area contributed by atoms with Gasteiger partial charge in [0.25, 0.3) is 0 Å². The molecule has 1 aliphatic heterocycles. The topological polar surface area (TPSA) is 54.9 Å². The van der Waals surface area contributed by atoms with Crippen LogP contribution >= 0.6 is 12.6 Å². The first-order valence-electron chi connectivity index (χ1n) is 8.55. The largest absolute Gasteiger partial charge is 0.486 e. The molecule has 26 heavy (non-hydrogen) atoms. The van der Waals surface area contributed by atoms with Crippen LogP contribution in [-0.4, -0.2) is 65.8 Å². The van der Waals surface area contributed by atoms with E-state index in [1.54, 1.807) is 37.3 Å². The van der Waals surface area contributed by atoms with Crippen molar-refractivity contribution in [1.82, 2.24) is 14.8 Å². The molecule has 2 atom stereocenters. The van der Waals surface area contributed by atoms with Crippen molar-refractivity contribution in [3.8, 4) is 11.5 Å². The number of amides is 1. The van der Waals surface area contributed by atoms with Gasteiger partial charge in [-0.05, 0) is 6.42 Å². The minimum atomic E-state index is -0.177. The van der Waals surface area contributed by atoms with Crippen LogP contribution in [-0.2, 0) is 11.3 Å². The first kappa shape index (κ1) is 20.3. The van der Waals surface area contributed by atoms with Crippen molar-refractivity contribution in [2.45, 2.75) is 24.3 Å². The van der Waals surface area contributed by atoms with E-state index in [0.717, 1.165) is 18.7 Å². The van der Waals surface area contributed by atoms with Crippen molar-refractivity contribution in [3.05, 3.63) is 43.3 Å². The van der Waals surface area contributed by atoms with E-state index in [-0.39, 0.29) is 17.2 Å². The van der Waals surface area contributed by atoms with Gasteiger partial charge in [0.15, 0.2) is 11.5 Å². The molecule has 0 saturated carbocycles. The fraction of sp³-hybridized carbons (Fsp3) is 0.474. The van der Waals surface area contributed by atoms with E-state index < -0.39 is 0 Å². The number of likely N-dealkylation sites (tertiary alicyclic amines) is 1. The molecular weight excluding hydrogens is 350 g/mol. The molecule has 1 aromatic heterocycles. The Labute approximate surface area is 160 Å². The number of aromatic nitrogens is 1. The molecule has 2 rings (SSSR count). The van der Waals surface area contributed by atoms with Crippen LogP contribution < -0.4 is 9.47 Å². The SMILES string of the molecule is C=CCOc1cnc(CN2C[C@@H](S)C[C@H]2C(=O)N(C)C)cc1OCC=C. The predicted octanol–water partition coefficient (Wildman–Crippen LogP) is 2.17. The Balaban J connectivity index is 2.17. The zero-order valence-corrected chi connectivity index (χ0v) is 16.3. The fourth-order valence-corrected chi connectivity index (χ4v) is 3.30. The summed E-state index contributed by atoms with van der Waals surface area (Å²) >= 11 is 4.56. The van der Waals surface area contributed by atoms with Crippen LogP contribution in [0, 0.1) is 0 Å². The van der Waals surface area contributed by atoms with Gasteiger partial charge in [-0.25, -0.2) is 0 Å². The Hall–Kier alpha value is -1.99. The summed E-state index contributed by atoms with van der Waals surface area (Å²) in [6.07, 6.45) is 5.73. The van der Waals surface area contributed by atoms with Gasteiger partial charge in [0.1, 0.15) is 13.2 Å². The Morgan fingerprint density at radius 1 is 1.35 bits per heavy atom. The minimum absolute atomic E-state index is 0.0932. The Bertz CT molecular complexity index is 651. The molecule has 1 fully saturated rings. The third-order valence-corrected chi connectivity index (χ3v) is 4.45. The van der Waals surface area contributed by atoms with Gasteiger partial charge in [-0.2, -0.15) is 12.6 Å². The monoisotopic (exact) mass is 377 g/mol. The molecule has 1 amide bonds. The van der Waals surface area contributed by atoms with Crippen molar-refractivity contribution < 1.29 is 14.3 Å². The van der Waals surface area contributed by atoms with Crippen LogP contribution in [0.25, 0.3) is 0 Å². The van der Waals surface area contributed by atoms with Crippen LogP contribution in [0.4, 0.5) is 0 Å². The maximum absolute atomic E-state index is 12.4. The van der Waals surface area contributed by atoms with Gasteiger partial charge < -0.3 is 14.4 Å². The van der Waals surface area contributed by atoms with Crippen LogP contribution in [0.2, 0.25) is 0 Å². The van der Waals surface area contributed by atoms with Gasteiger partial charge in [-0.3, -0.25) is 14.7 Å². The summed E-state index contributed by atoms with van der Waals surface area (Å²) in [5.74, 6) is 1.26. The molecule has 0 radical (unpaired) electrons. The average molecular weight is 378 g/mol. The highest BCUT2D eigenvalue weighted by molar-refractivity contribution is 7.81. The van der Waals surface area contributed by atoms with E-state index in [1.807, 2.05) is 6.07 Å². The van der Waals surface area contributed by atoms with Crippen LogP contribution in [0.3, 0.4) is 0 Å². The molecule has 0 aromatic carbocycles. The van der Waals surface area contributed by atoms with E-state index in [2.05, 4.69) is 35.7 Å². The number of thiol groups is 1. The molecule has 142 valence electrons. The van der Waals surface area contributed by atoms with Gasteiger partial charge in [0.2, 0.25) is 5.91 Å². The number of ether oxygens (including phenoxy) is 2. The van der Waals surface area contributed by atoms with Crippen molar-refractivity contribution in [3.63, 3.8) is 0 Å². The van der Waals surface area contributed by atoms with Gasteiger partial charge in [0, 0.05) is 38.5 Å². The van der Waals surface area contributed by atoms with E-state index in [9.17, 15) is 4.79 Å². The fourth-order valence-electron chi connectivity index (χ4n) is 2.89. The lowest BCUT2D eigenvalue weighted by atomic mass is 10.2. The molecule has 0 spiro atoms. The first-order valence-corrected chi connectivity index (χ1v) is 9.07. The number of carbonyl (C=O) groups is 1. The van der Waals surface area contributed by atoms with Gasteiger partial charge in [-0.15, -0.1) is 0 Å². The van der Waals surface area contributed by atoms with Crippen molar-refractivity contribution in [2.75, 3.05) is 33.9 Å². The Morgan fingerprint density at radius 2 is 2.00 bits per heavy atom. The first-order chi connectivity index (χ1) is 12.5. The molecular formula is C19H27N3O3S. The lowest BCUT2D eigenvalue weighted by Gasteiger charge is -2.25. The van der Waals surface area contributed by atoms with Crippen LogP contribution in [0.15, 0.2) is 37.6 Å². The summed E-state index contributed by atoms with van der Waals surface area (Å²) in [6.45, 7) is 9.36. The smallest absolute Gasteiger partial charge is 0.239 e. The van der Waals surface area contributed by atoms with Crippen molar-refractivity contribution >= 4 is 18.5 Å². The van der Waals surface area contributed by atoms with E-state index in [1.165, 1.54) is 0 Å². The second kappa shape index (κ2) is 9.64. The summed E-state index contributed by atoms with van der Waals surface area (Å²) < 4.78 is 11.3. The molecule has 0 N–H and O–H groups in total. The summed E-state index contributed by atoms with van der Waals surface area (Å²) in [5, 5.41) is 0.176. The van der Waals surface area contributed by atoms with Gasteiger partial charge >= 0.3 is 0 Å². The number of hydrogen-bond acceptors (Lipinski definition) is 6. The number of carbonyl (C=O) groups excluding carboxylic acids is 1. The van der Waals surface area contributed by atoms with Crippen LogP contribution in [0.5, 0.6) is 11.5 Å². The third-order valence-electron chi connectivity index (χ3n) is 4.07. The highest BCUT2D eigenvalue weighted by atomic mass is 32.1. The Kier molecular flexibility index (Phi) is 7.53. The summed E-state index contributed by atoms with van der Waals surface area (Å²) in [5.41, 5.74) is 0.814. The Morgan fingerprint density at radius 3 is 2.62 bits per heavy atom. The second-order valence-electron chi connectivity index (χ2n) is 6.39. The molecule has 1 aromatic rings. The molecule has 0 unspecified atom stereocenters. The van der Waals surface area contributed by atoms with Gasteiger partial charge in [-0.1, -0.05) is 25.3 Å². The predicted molar refractivity (Wildman–Crippen MR) is 106 cm³/mol.